The van der Waals surface area contributed by atoms with Crippen LogP contribution in [-0.2, 0) is 6.54 Å². The Kier molecular flexibility index (Phi) is 4.06. The Morgan fingerprint density at radius 1 is 1.23 bits per heavy atom. The monoisotopic (exact) mass is 296 g/mol. The fourth-order valence-electron chi connectivity index (χ4n) is 2.45. The molecule has 0 aliphatic heterocycles. The van der Waals surface area contributed by atoms with Crippen LogP contribution in [0.5, 0.6) is 0 Å². The van der Waals surface area contributed by atoms with Gasteiger partial charge in [-0.3, -0.25) is 0 Å². The van der Waals surface area contributed by atoms with E-state index in [0.29, 0.717) is 6.54 Å². The molecule has 1 atom stereocenters. The second kappa shape index (κ2) is 6.15. The summed E-state index contributed by atoms with van der Waals surface area (Å²) in [7, 11) is 0. The predicted molar refractivity (Wildman–Crippen MR) is 84.8 cm³/mol. The molecule has 2 heterocycles. The molecule has 1 aromatic carbocycles. The topological polar surface area (TPSA) is 55.9 Å². The largest absolute Gasteiger partial charge is 0.361 e. The van der Waals surface area contributed by atoms with Crippen LogP contribution in [0.3, 0.4) is 0 Å². The van der Waals surface area contributed by atoms with Gasteiger partial charge in [-0.2, -0.15) is 0 Å². The molecule has 114 valence electrons. The molecule has 0 spiro atoms. The van der Waals surface area contributed by atoms with Gasteiger partial charge in [0, 0.05) is 36.7 Å². The van der Waals surface area contributed by atoms with E-state index in [0.717, 1.165) is 23.0 Å². The molecule has 0 aliphatic carbocycles. The fourth-order valence-corrected chi connectivity index (χ4v) is 2.45. The summed E-state index contributed by atoms with van der Waals surface area (Å²) in [6.07, 6.45) is 3.78. The van der Waals surface area contributed by atoms with Crippen LogP contribution in [-0.4, -0.2) is 14.7 Å². The molecule has 5 nitrogen and oxygen atoms in total. The van der Waals surface area contributed by atoms with Gasteiger partial charge in [-0.05, 0) is 38.5 Å². The van der Waals surface area contributed by atoms with E-state index in [1.165, 1.54) is 5.56 Å². The lowest BCUT2D eigenvalue weighted by atomic mass is 10.1. The van der Waals surface area contributed by atoms with Crippen molar-refractivity contribution in [1.82, 2.24) is 20.0 Å². The summed E-state index contributed by atoms with van der Waals surface area (Å²) in [4.78, 5) is 4.25. The molecule has 2 aromatic heterocycles. The van der Waals surface area contributed by atoms with Gasteiger partial charge in [0.1, 0.15) is 11.6 Å². The zero-order valence-corrected chi connectivity index (χ0v) is 13.1. The molecule has 3 rings (SSSR count). The molecule has 1 unspecified atom stereocenters. The quantitative estimate of drug-likeness (QED) is 0.784. The molecule has 0 aliphatic rings. The number of rotatable bonds is 5. The normalized spacial score (nSPS) is 12.5. The first kappa shape index (κ1) is 14.5. The molecular weight excluding hydrogens is 276 g/mol. The van der Waals surface area contributed by atoms with E-state index in [1.807, 2.05) is 32.3 Å². The zero-order chi connectivity index (χ0) is 15.5. The van der Waals surface area contributed by atoms with E-state index >= 15 is 0 Å². The maximum atomic E-state index is 5.07. The third-order valence-corrected chi connectivity index (χ3v) is 3.76. The summed E-state index contributed by atoms with van der Waals surface area (Å²) in [5.74, 6) is 1.82. The molecule has 3 aromatic rings. The molecular formula is C17H20N4O. The molecule has 0 saturated heterocycles. The summed E-state index contributed by atoms with van der Waals surface area (Å²) in [5, 5.41) is 7.44. The second-order valence-corrected chi connectivity index (χ2v) is 5.47. The smallest absolute Gasteiger partial charge is 0.133 e. The van der Waals surface area contributed by atoms with Gasteiger partial charge in [0.15, 0.2) is 0 Å². The van der Waals surface area contributed by atoms with E-state index < -0.39 is 0 Å². The molecule has 0 bridgehead atoms. The van der Waals surface area contributed by atoms with Crippen molar-refractivity contribution >= 4 is 0 Å². The maximum absolute atomic E-state index is 5.07. The van der Waals surface area contributed by atoms with E-state index in [-0.39, 0.29) is 6.04 Å². The van der Waals surface area contributed by atoms with Crippen molar-refractivity contribution in [3.63, 3.8) is 0 Å². The Hall–Kier alpha value is -2.40. The van der Waals surface area contributed by atoms with Crippen molar-refractivity contribution in [2.24, 2.45) is 0 Å². The van der Waals surface area contributed by atoms with Gasteiger partial charge in [-0.1, -0.05) is 17.3 Å². The average Bonchev–Trinajstić information content (AvgIpc) is 3.13. The SMILES string of the molecule is Cc1cc(CNC(C)c2ccc(-n3ccnc3C)cc2)no1. The van der Waals surface area contributed by atoms with Gasteiger partial charge < -0.3 is 14.4 Å². The van der Waals surface area contributed by atoms with Crippen molar-refractivity contribution in [2.75, 3.05) is 0 Å². The minimum absolute atomic E-state index is 0.245. The number of imidazole rings is 1. The van der Waals surface area contributed by atoms with Crippen molar-refractivity contribution in [2.45, 2.75) is 33.4 Å². The minimum atomic E-state index is 0.245. The summed E-state index contributed by atoms with van der Waals surface area (Å²) >= 11 is 0. The molecule has 0 radical (unpaired) electrons. The van der Waals surface area contributed by atoms with E-state index in [9.17, 15) is 0 Å². The van der Waals surface area contributed by atoms with E-state index in [4.69, 9.17) is 4.52 Å². The first-order valence-corrected chi connectivity index (χ1v) is 7.39. The van der Waals surface area contributed by atoms with Crippen LogP contribution < -0.4 is 5.32 Å². The van der Waals surface area contributed by atoms with Gasteiger partial charge in [0.05, 0.1) is 5.69 Å². The summed E-state index contributed by atoms with van der Waals surface area (Å²) in [5.41, 5.74) is 3.29. The fraction of sp³-hybridized carbons (Fsp3) is 0.294. The van der Waals surface area contributed by atoms with Crippen molar-refractivity contribution in [3.05, 3.63) is 65.6 Å². The predicted octanol–water partition coefficient (Wildman–Crippen LogP) is 3.33. The van der Waals surface area contributed by atoms with Crippen molar-refractivity contribution in [3.8, 4) is 5.69 Å². The third-order valence-electron chi connectivity index (χ3n) is 3.76. The Labute approximate surface area is 130 Å². The van der Waals surface area contributed by atoms with Gasteiger partial charge in [-0.15, -0.1) is 0 Å². The van der Waals surface area contributed by atoms with Crippen molar-refractivity contribution < 1.29 is 4.52 Å². The van der Waals surface area contributed by atoms with Gasteiger partial charge in [0.2, 0.25) is 0 Å². The van der Waals surface area contributed by atoms with E-state index in [2.05, 4.69) is 51.2 Å². The van der Waals surface area contributed by atoms with Crippen LogP contribution in [0.4, 0.5) is 0 Å². The Morgan fingerprint density at radius 2 is 2.00 bits per heavy atom. The van der Waals surface area contributed by atoms with Crippen LogP contribution in [0, 0.1) is 13.8 Å². The van der Waals surface area contributed by atoms with Gasteiger partial charge in [-0.25, -0.2) is 4.98 Å². The third kappa shape index (κ3) is 3.09. The van der Waals surface area contributed by atoms with Gasteiger partial charge >= 0.3 is 0 Å². The Morgan fingerprint density at radius 3 is 2.59 bits per heavy atom. The van der Waals surface area contributed by atoms with Crippen LogP contribution in [0.25, 0.3) is 5.69 Å². The van der Waals surface area contributed by atoms with Gasteiger partial charge in [0.25, 0.3) is 0 Å². The number of nitrogens with zero attached hydrogens (tertiary/aromatic N) is 3. The first-order chi connectivity index (χ1) is 10.6. The number of hydrogen-bond acceptors (Lipinski definition) is 4. The lowest BCUT2D eigenvalue weighted by Gasteiger charge is -2.14. The van der Waals surface area contributed by atoms with Crippen LogP contribution in [0.2, 0.25) is 0 Å². The first-order valence-electron chi connectivity index (χ1n) is 7.39. The molecule has 0 fully saturated rings. The number of aromatic nitrogens is 3. The molecule has 0 amide bonds. The summed E-state index contributed by atoms with van der Waals surface area (Å²) in [6, 6.07) is 10.7. The number of hydrogen-bond donors (Lipinski definition) is 1. The molecule has 1 N–H and O–H groups in total. The number of benzene rings is 1. The number of nitrogens with one attached hydrogen (secondary N) is 1. The number of aryl methyl sites for hydroxylation is 2. The molecule has 22 heavy (non-hydrogen) atoms. The highest BCUT2D eigenvalue weighted by Gasteiger charge is 2.08. The van der Waals surface area contributed by atoms with Crippen LogP contribution in [0.15, 0.2) is 47.2 Å². The molecule has 5 heteroatoms. The van der Waals surface area contributed by atoms with Crippen molar-refractivity contribution in [1.29, 1.82) is 0 Å². The average molecular weight is 296 g/mol. The highest BCUT2D eigenvalue weighted by Crippen LogP contribution is 2.17. The van der Waals surface area contributed by atoms with Crippen LogP contribution in [0.1, 0.15) is 35.8 Å². The van der Waals surface area contributed by atoms with Crippen LogP contribution >= 0.6 is 0 Å². The highest BCUT2D eigenvalue weighted by atomic mass is 16.5. The Bertz CT molecular complexity index is 742. The highest BCUT2D eigenvalue weighted by molar-refractivity contribution is 5.36. The Balaban J connectivity index is 1.66. The zero-order valence-electron chi connectivity index (χ0n) is 13.1. The minimum Gasteiger partial charge on any atom is -0.361 e. The summed E-state index contributed by atoms with van der Waals surface area (Å²) in [6.45, 7) is 6.74. The van der Waals surface area contributed by atoms with E-state index in [1.54, 1.807) is 0 Å². The molecule has 0 saturated carbocycles. The second-order valence-electron chi connectivity index (χ2n) is 5.47. The maximum Gasteiger partial charge on any atom is 0.133 e. The lowest BCUT2D eigenvalue weighted by Crippen LogP contribution is -2.18. The lowest BCUT2D eigenvalue weighted by molar-refractivity contribution is 0.386. The summed E-state index contributed by atoms with van der Waals surface area (Å²) < 4.78 is 7.14. The standard InChI is InChI=1S/C17H20N4O/c1-12-10-16(20-22-12)11-19-13(2)15-4-6-17(7-5-15)21-9-8-18-14(21)3/h4-10,13,19H,11H2,1-3H3.